The summed E-state index contributed by atoms with van der Waals surface area (Å²) in [5, 5.41) is 3.02. The summed E-state index contributed by atoms with van der Waals surface area (Å²) in [5.41, 5.74) is 1.55. The quantitative estimate of drug-likeness (QED) is 0.859. The van der Waals surface area contributed by atoms with Gasteiger partial charge in [-0.05, 0) is 37.3 Å². The summed E-state index contributed by atoms with van der Waals surface area (Å²) in [5.74, 6) is 1.18. The van der Waals surface area contributed by atoms with Crippen LogP contribution in [0.1, 0.15) is 35.3 Å². The summed E-state index contributed by atoms with van der Waals surface area (Å²) in [6, 6.07) is 14.3. The van der Waals surface area contributed by atoms with Crippen molar-refractivity contribution < 1.29 is 19.1 Å². The molecule has 3 rings (SSSR count). The Morgan fingerprint density at radius 2 is 2.00 bits per heavy atom. The van der Waals surface area contributed by atoms with Crippen molar-refractivity contribution in [3.63, 3.8) is 0 Å². The number of hydrogen-bond acceptors (Lipinski definition) is 4. The van der Waals surface area contributed by atoms with Crippen molar-refractivity contribution in [1.82, 2.24) is 5.32 Å². The zero-order chi connectivity index (χ0) is 16.9. The molecule has 0 radical (unpaired) electrons. The molecule has 1 amide bonds. The van der Waals surface area contributed by atoms with Crippen molar-refractivity contribution in [2.75, 3.05) is 6.61 Å². The van der Waals surface area contributed by atoms with Gasteiger partial charge < -0.3 is 14.8 Å². The number of carbonyl (C=O) groups excluding carboxylic acids is 2. The Bertz CT molecular complexity index is 726. The molecule has 0 spiro atoms. The number of amides is 1. The van der Waals surface area contributed by atoms with Crippen LogP contribution in [0.2, 0.25) is 0 Å². The fraction of sp³-hybridized carbons (Fsp3) is 0.263. The largest absolute Gasteiger partial charge is 0.493 e. The van der Waals surface area contributed by atoms with Gasteiger partial charge in [-0.15, -0.1) is 0 Å². The van der Waals surface area contributed by atoms with Gasteiger partial charge in [0.05, 0.1) is 12.6 Å². The average Bonchev–Trinajstić information content (AvgIpc) is 2.62. The van der Waals surface area contributed by atoms with Gasteiger partial charge in [-0.1, -0.05) is 18.2 Å². The average molecular weight is 325 g/mol. The topological polar surface area (TPSA) is 64.6 Å². The molecule has 124 valence electrons. The molecule has 1 aliphatic rings. The molecule has 0 saturated carbocycles. The summed E-state index contributed by atoms with van der Waals surface area (Å²) in [7, 11) is 0. The molecular weight excluding hydrogens is 306 g/mol. The highest BCUT2D eigenvalue weighted by molar-refractivity contribution is 5.81. The first kappa shape index (κ1) is 16.1. The van der Waals surface area contributed by atoms with E-state index in [0.29, 0.717) is 17.9 Å². The van der Waals surface area contributed by atoms with Crippen molar-refractivity contribution in [2.24, 2.45) is 0 Å². The number of para-hydroxylation sites is 1. The van der Waals surface area contributed by atoms with Crippen LogP contribution in [0.5, 0.6) is 11.5 Å². The van der Waals surface area contributed by atoms with Gasteiger partial charge in [0.25, 0.3) is 5.91 Å². The third-order valence-corrected chi connectivity index (χ3v) is 3.97. The maximum absolute atomic E-state index is 12.4. The number of hydrogen-bond donors (Lipinski definition) is 1. The second kappa shape index (κ2) is 7.17. The molecule has 1 aliphatic heterocycles. The predicted molar refractivity (Wildman–Crippen MR) is 89.4 cm³/mol. The Balaban J connectivity index is 1.63. The first-order valence-electron chi connectivity index (χ1n) is 7.91. The van der Waals surface area contributed by atoms with Crippen LogP contribution in [0.25, 0.3) is 0 Å². The summed E-state index contributed by atoms with van der Waals surface area (Å²) in [6.45, 7) is 2.28. The lowest BCUT2D eigenvalue weighted by Gasteiger charge is -2.27. The van der Waals surface area contributed by atoms with Gasteiger partial charge >= 0.3 is 0 Å². The molecule has 5 heteroatoms. The Hall–Kier alpha value is -2.82. The third-order valence-electron chi connectivity index (χ3n) is 3.97. The highest BCUT2D eigenvalue weighted by atomic mass is 16.5. The second-order valence-corrected chi connectivity index (χ2v) is 5.68. The Morgan fingerprint density at radius 1 is 1.25 bits per heavy atom. The monoisotopic (exact) mass is 325 g/mol. The summed E-state index contributed by atoms with van der Waals surface area (Å²) >= 11 is 0. The molecule has 24 heavy (non-hydrogen) atoms. The number of aldehydes is 1. The van der Waals surface area contributed by atoms with Crippen LogP contribution in [0.4, 0.5) is 0 Å². The van der Waals surface area contributed by atoms with E-state index in [1.807, 2.05) is 24.3 Å². The molecule has 1 heterocycles. The van der Waals surface area contributed by atoms with E-state index in [1.165, 1.54) is 0 Å². The van der Waals surface area contributed by atoms with Crippen molar-refractivity contribution in [3.8, 4) is 11.5 Å². The summed E-state index contributed by atoms with van der Waals surface area (Å²) < 4.78 is 11.2. The molecule has 0 fully saturated rings. The van der Waals surface area contributed by atoms with E-state index in [4.69, 9.17) is 9.47 Å². The van der Waals surface area contributed by atoms with E-state index < -0.39 is 6.10 Å². The van der Waals surface area contributed by atoms with Gasteiger partial charge in [-0.25, -0.2) is 0 Å². The molecule has 0 aliphatic carbocycles. The van der Waals surface area contributed by atoms with Crippen molar-refractivity contribution >= 4 is 12.2 Å². The SMILES string of the molecule is CC(Oc1ccc(C=O)cc1)C(=O)NC1CCOc2ccccc21. The van der Waals surface area contributed by atoms with E-state index in [2.05, 4.69) is 5.32 Å². The van der Waals surface area contributed by atoms with Crippen molar-refractivity contribution in [1.29, 1.82) is 0 Å². The van der Waals surface area contributed by atoms with Crippen LogP contribution in [0, 0.1) is 0 Å². The van der Waals surface area contributed by atoms with Crippen LogP contribution < -0.4 is 14.8 Å². The molecule has 5 nitrogen and oxygen atoms in total. The van der Waals surface area contributed by atoms with E-state index in [0.717, 1.165) is 24.0 Å². The zero-order valence-corrected chi connectivity index (χ0v) is 13.4. The first-order valence-corrected chi connectivity index (χ1v) is 7.91. The minimum atomic E-state index is -0.637. The minimum absolute atomic E-state index is 0.0778. The van der Waals surface area contributed by atoms with Gasteiger partial charge in [0.15, 0.2) is 6.10 Å². The van der Waals surface area contributed by atoms with Crippen molar-refractivity contribution in [3.05, 3.63) is 59.7 Å². The van der Waals surface area contributed by atoms with Gasteiger partial charge in [0.2, 0.25) is 0 Å². The Labute approximate surface area is 140 Å². The lowest BCUT2D eigenvalue weighted by molar-refractivity contribution is -0.128. The fourth-order valence-corrected chi connectivity index (χ4v) is 2.66. The summed E-state index contributed by atoms with van der Waals surface area (Å²) in [4.78, 5) is 23.1. The van der Waals surface area contributed by atoms with Gasteiger partial charge in [-0.2, -0.15) is 0 Å². The molecule has 0 saturated heterocycles. The van der Waals surface area contributed by atoms with Crippen molar-refractivity contribution in [2.45, 2.75) is 25.5 Å². The number of nitrogens with one attached hydrogen (secondary N) is 1. The molecule has 2 aromatic rings. The maximum Gasteiger partial charge on any atom is 0.261 e. The number of benzene rings is 2. The molecule has 2 atom stereocenters. The van der Waals surface area contributed by atoms with Gasteiger partial charge in [0, 0.05) is 17.5 Å². The lowest BCUT2D eigenvalue weighted by atomic mass is 10.0. The van der Waals surface area contributed by atoms with E-state index in [9.17, 15) is 9.59 Å². The molecule has 2 unspecified atom stereocenters. The van der Waals surface area contributed by atoms with Crippen LogP contribution in [-0.2, 0) is 4.79 Å². The van der Waals surface area contributed by atoms with Crippen LogP contribution >= 0.6 is 0 Å². The second-order valence-electron chi connectivity index (χ2n) is 5.68. The smallest absolute Gasteiger partial charge is 0.261 e. The standard InChI is InChI=1S/C19H19NO4/c1-13(24-15-8-6-14(12-21)7-9-15)19(22)20-17-10-11-23-18-5-3-2-4-16(17)18/h2-9,12-13,17H,10-11H2,1H3,(H,20,22). The fourth-order valence-electron chi connectivity index (χ4n) is 2.66. The Kier molecular flexibility index (Phi) is 4.79. The highest BCUT2D eigenvalue weighted by Gasteiger charge is 2.25. The van der Waals surface area contributed by atoms with Gasteiger partial charge in [-0.3, -0.25) is 9.59 Å². The summed E-state index contributed by atoms with van der Waals surface area (Å²) in [6.07, 6.45) is 0.855. The van der Waals surface area contributed by atoms with Gasteiger partial charge in [0.1, 0.15) is 17.8 Å². The molecule has 1 N–H and O–H groups in total. The van der Waals surface area contributed by atoms with Crippen LogP contribution in [-0.4, -0.2) is 24.9 Å². The van der Waals surface area contributed by atoms with Crippen LogP contribution in [0.15, 0.2) is 48.5 Å². The lowest BCUT2D eigenvalue weighted by Crippen LogP contribution is -2.40. The predicted octanol–water partition coefficient (Wildman–Crippen LogP) is 2.91. The molecule has 2 aromatic carbocycles. The molecular formula is C19H19NO4. The number of fused-ring (bicyclic) bond motifs is 1. The number of ether oxygens (including phenoxy) is 2. The maximum atomic E-state index is 12.4. The molecule has 0 aromatic heterocycles. The minimum Gasteiger partial charge on any atom is -0.493 e. The van der Waals surface area contributed by atoms with E-state index in [1.54, 1.807) is 31.2 Å². The first-order chi connectivity index (χ1) is 11.7. The van der Waals surface area contributed by atoms with E-state index >= 15 is 0 Å². The number of carbonyl (C=O) groups is 2. The van der Waals surface area contributed by atoms with Crippen LogP contribution in [0.3, 0.4) is 0 Å². The Morgan fingerprint density at radius 3 is 2.75 bits per heavy atom. The normalized spacial score (nSPS) is 17.1. The zero-order valence-electron chi connectivity index (χ0n) is 13.4. The van der Waals surface area contributed by atoms with E-state index in [-0.39, 0.29) is 11.9 Å². The highest BCUT2D eigenvalue weighted by Crippen LogP contribution is 2.31. The number of rotatable bonds is 5. The molecule has 0 bridgehead atoms. The third kappa shape index (κ3) is 3.56.